The molecule has 0 radical (unpaired) electrons. The largest absolute Gasteiger partial charge is 0.378 e. The molecule has 1 aromatic heterocycles. The molecule has 0 aromatic carbocycles. The second-order valence-corrected chi connectivity index (χ2v) is 5.67. The maximum atomic E-state index is 6.34. The van der Waals surface area contributed by atoms with E-state index in [2.05, 4.69) is 17.3 Å². The van der Waals surface area contributed by atoms with E-state index in [-0.39, 0.29) is 11.5 Å². The molecule has 0 bridgehead atoms. The predicted molar refractivity (Wildman–Crippen MR) is 73.0 cm³/mol. The molecule has 0 spiro atoms. The molecule has 2 heterocycles. The molecule has 5 heteroatoms. The van der Waals surface area contributed by atoms with E-state index in [1.165, 1.54) is 0 Å². The minimum atomic E-state index is 0.131. The minimum Gasteiger partial charge on any atom is -0.378 e. The number of hydrogen-bond acceptors (Lipinski definition) is 3. The molecule has 4 nitrogen and oxygen atoms in total. The van der Waals surface area contributed by atoms with Gasteiger partial charge in [-0.1, -0.05) is 11.6 Å². The van der Waals surface area contributed by atoms with Crippen LogP contribution in [0.15, 0.2) is 0 Å². The Bertz CT molecular complexity index is 432. The van der Waals surface area contributed by atoms with E-state index in [9.17, 15) is 0 Å². The van der Waals surface area contributed by atoms with Crippen LogP contribution in [0.1, 0.15) is 24.6 Å². The quantitative estimate of drug-likeness (QED) is 0.910. The molecule has 0 saturated carbocycles. The van der Waals surface area contributed by atoms with Crippen LogP contribution in [0, 0.1) is 12.3 Å². The lowest BCUT2D eigenvalue weighted by molar-refractivity contribution is 0.0639. The van der Waals surface area contributed by atoms with Gasteiger partial charge in [0.05, 0.1) is 11.8 Å². The molecule has 1 aliphatic rings. The third-order valence-corrected chi connectivity index (χ3v) is 4.63. The molecule has 1 aromatic rings. The summed E-state index contributed by atoms with van der Waals surface area (Å²) >= 11 is 6.34. The first-order chi connectivity index (χ1) is 8.50. The number of aromatic nitrogens is 2. The Balaban J connectivity index is 2.29. The van der Waals surface area contributed by atoms with Crippen LogP contribution in [0.5, 0.6) is 0 Å². The zero-order valence-corrected chi connectivity index (χ0v) is 12.3. The van der Waals surface area contributed by atoms with Gasteiger partial charge in [-0.25, -0.2) is 0 Å². The van der Waals surface area contributed by atoms with Crippen molar-refractivity contribution >= 4 is 11.6 Å². The van der Waals surface area contributed by atoms with Crippen molar-refractivity contribution in [3.63, 3.8) is 0 Å². The lowest BCUT2D eigenvalue weighted by Crippen LogP contribution is -2.40. The van der Waals surface area contributed by atoms with Crippen LogP contribution in [0.2, 0.25) is 5.15 Å². The van der Waals surface area contributed by atoms with Gasteiger partial charge in [0.1, 0.15) is 5.15 Å². The normalized spacial score (nSPS) is 27.9. The van der Waals surface area contributed by atoms with Crippen molar-refractivity contribution in [1.29, 1.82) is 0 Å². The van der Waals surface area contributed by atoms with Gasteiger partial charge in [-0.2, -0.15) is 5.10 Å². The number of rotatable bonds is 4. The highest BCUT2D eigenvalue weighted by Crippen LogP contribution is 2.39. The van der Waals surface area contributed by atoms with E-state index in [0.29, 0.717) is 0 Å². The molecule has 1 saturated heterocycles. The monoisotopic (exact) mass is 271 g/mol. The van der Waals surface area contributed by atoms with E-state index in [0.717, 1.165) is 42.4 Å². The molecule has 1 aliphatic heterocycles. The second-order valence-electron chi connectivity index (χ2n) is 5.31. The molecule has 2 atom stereocenters. The van der Waals surface area contributed by atoms with Gasteiger partial charge >= 0.3 is 0 Å². The third-order valence-electron chi connectivity index (χ3n) is 4.16. The number of hydrogen-bond donors (Lipinski definition) is 1. The smallest absolute Gasteiger partial charge is 0.130 e. The Hall–Kier alpha value is -0.580. The number of nitrogens with one attached hydrogen (secondary N) is 1. The average Bonchev–Trinajstić information content (AvgIpc) is 2.77. The Morgan fingerprint density at radius 1 is 1.61 bits per heavy atom. The fourth-order valence-corrected chi connectivity index (χ4v) is 3.17. The van der Waals surface area contributed by atoms with Crippen molar-refractivity contribution in [2.75, 3.05) is 20.2 Å². The Morgan fingerprint density at radius 2 is 2.33 bits per heavy atom. The van der Waals surface area contributed by atoms with E-state index < -0.39 is 0 Å². The van der Waals surface area contributed by atoms with Crippen molar-refractivity contribution in [3.05, 3.63) is 16.4 Å². The highest BCUT2D eigenvalue weighted by Gasteiger charge is 2.42. The summed E-state index contributed by atoms with van der Waals surface area (Å²) in [6, 6.07) is 0. The van der Waals surface area contributed by atoms with Crippen LogP contribution in [0.25, 0.3) is 0 Å². The van der Waals surface area contributed by atoms with Crippen molar-refractivity contribution in [2.24, 2.45) is 12.5 Å². The van der Waals surface area contributed by atoms with Gasteiger partial charge in [0.2, 0.25) is 0 Å². The standard InChI is InChI=1S/C13H22ClN3O/c1-9-11(12(14)17(4)16-9)7-13(8-15-3)5-6-18-10(13)2/h10,15H,5-8H2,1-4H3. The van der Waals surface area contributed by atoms with Crippen LogP contribution in [-0.4, -0.2) is 36.1 Å². The zero-order valence-electron chi connectivity index (χ0n) is 11.6. The summed E-state index contributed by atoms with van der Waals surface area (Å²) in [5.74, 6) is 0. The summed E-state index contributed by atoms with van der Waals surface area (Å²) in [6.07, 6.45) is 2.24. The first-order valence-electron chi connectivity index (χ1n) is 6.44. The molecule has 102 valence electrons. The molecule has 2 rings (SSSR count). The fourth-order valence-electron chi connectivity index (χ4n) is 2.92. The van der Waals surface area contributed by atoms with Gasteiger partial charge in [0, 0.05) is 31.2 Å². The topological polar surface area (TPSA) is 39.1 Å². The lowest BCUT2D eigenvalue weighted by Gasteiger charge is -2.32. The molecule has 18 heavy (non-hydrogen) atoms. The third kappa shape index (κ3) is 2.29. The summed E-state index contributed by atoms with van der Waals surface area (Å²) in [5, 5.41) is 8.44. The van der Waals surface area contributed by atoms with Gasteiger partial charge in [-0.3, -0.25) is 4.68 Å². The van der Waals surface area contributed by atoms with Gasteiger partial charge in [-0.15, -0.1) is 0 Å². The number of halogens is 1. The Morgan fingerprint density at radius 3 is 2.78 bits per heavy atom. The van der Waals surface area contributed by atoms with Crippen molar-refractivity contribution in [2.45, 2.75) is 32.8 Å². The van der Waals surface area contributed by atoms with Gasteiger partial charge in [0.15, 0.2) is 0 Å². The SMILES string of the molecule is CNCC1(Cc2c(C)nn(C)c2Cl)CCOC1C. The van der Waals surface area contributed by atoms with E-state index >= 15 is 0 Å². The van der Waals surface area contributed by atoms with Crippen LogP contribution >= 0.6 is 11.6 Å². The maximum Gasteiger partial charge on any atom is 0.130 e. The van der Waals surface area contributed by atoms with Crippen molar-refractivity contribution in [1.82, 2.24) is 15.1 Å². The summed E-state index contributed by atoms with van der Waals surface area (Å²) in [6.45, 7) is 5.96. The molecular formula is C13H22ClN3O. The molecule has 0 aliphatic carbocycles. The van der Waals surface area contributed by atoms with Crippen LogP contribution in [0.4, 0.5) is 0 Å². The van der Waals surface area contributed by atoms with Gasteiger partial charge < -0.3 is 10.1 Å². The fraction of sp³-hybridized carbons (Fsp3) is 0.769. The van der Waals surface area contributed by atoms with Crippen LogP contribution in [0.3, 0.4) is 0 Å². The number of ether oxygens (including phenoxy) is 1. The summed E-state index contributed by atoms with van der Waals surface area (Å²) < 4.78 is 7.52. The first-order valence-corrected chi connectivity index (χ1v) is 6.82. The van der Waals surface area contributed by atoms with Crippen LogP contribution in [-0.2, 0) is 18.2 Å². The highest BCUT2D eigenvalue weighted by atomic mass is 35.5. The summed E-state index contributed by atoms with van der Waals surface area (Å²) in [5.41, 5.74) is 2.32. The lowest BCUT2D eigenvalue weighted by atomic mass is 9.76. The maximum absolute atomic E-state index is 6.34. The molecule has 0 amide bonds. The van der Waals surface area contributed by atoms with Crippen LogP contribution < -0.4 is 5.32 Å². The van der Waals surface area contributed by atoms with Crippen molar-refractivity contribution < 1.29 is 4.74 Å². The second kappa shape index (κ2) is 5.19. The Labute approximate surface area is 114 Å². The number of aryl methyl sites for hydroxylation is 2. The first kappa shape index (κ1) is 13.8. The van der Waals surface area contributed by atoms with Crippen molar-refractivity contribution in [3.8, 4) is 0 Å². The minimum absolute atomic E-state index is 0.131. The van der Waals surface area contributed by atoms with Gasteiger partial charge in [0.25, 0.3) is 0 Å². The molecular weight excluding hydrogens is 250 g/mol. The van der Waals surface area contributed by atoms with E-state index in [4.69, 9.17) is 16.3 Å². The average molecular weight is 272 g/mol. The highest BCUT2D eigenvalue weighted by molar-refractivity contribution is 6.30. The molecule has 2 unspecified atom stereocenters. The zero-order chi connectivity index (χ0) is 13.3. The van der Waals surface area contributed by atoms with Gasteiger partial charge in [-0.05, 0) is 33.7 Å². The Kier molecular flexibility index (Phi) is 3.99. The molecule has 1 N–H and O–H groups in total. The summed E-state index contributed by atoms with van der Waals surface area (Å²) in [4.78, 5) is 0. The van der Waals surface area contributed by atoms with E-state index in [1.807, 2.05) is 21.0 Å². The molecule has 1 fully saturated rings. The predicted octanol–water partition coefficient (Wildman–Crippen LogP) is 1.94. The van der Waals surface area contributed by atoms with E-state index in [1.54, 1.807) is 4.68 Å². The summed E-state index contributed by atoms with van der Waals surface area (Å²) in [7, 11) is 3.88. The number of nitrogens with zero attached hydrogens (tertiary/aromatic N) is 2.